The van der Waals surface area contributed by atoms with Crippen LogP contribution in [-0.2, 0) is 21.2 Å². The molecule has 1 aliphatic heterocycles. The maximum absolute atomic E-state index is 13.0. The number of aromatic nitrogens is 3. The number of amides is 1. The Kier molecular flexibility index (Phi) is 9.76. The lowest BCUT2D eigenvalue weighted by Gasteiger charge is -2.25. The minimum absolute atomic E-state index is 0.0869. The second kappa shape index (κ2) is 13.2. The van der Waals surface area contributed by atoms with Crippen molar-refractivity contribution < 1.29 is 22.7 Å². The van der Waals surface area contributed by atoms with Crippen molar-refractivity contribution >= 4 is 33.5 Å². The predicted molar refractivity (Wildman–Crippen MR) is 149 cm³/mol. The van der Waals surface area contributed by atoms with Gasteiger partial charge in [-0.2, -0.15) is 4.31 Å². The number of sulfonamides is 1. The van der Waals surface area contributed by atoms with E-state index < -0.39 is 10.0 Å². The molecule has 0 unspecified atom stereocenters. The van der Waals surface area contributed by atoms with Crippen molar-refractivity contribution in [2.24, 2.45) is 0 Å². The monoisotopic (exact) mass is 571 g/mol. The zero-order valence-corrected chi connectivity index (χ0v) is 23.8. The third-order valence-electron chi connectivity index (χ3n) is 6.42. The molecule has 0 spiro atoms. The van der Waals surface area contributed by atoms with Crippen LogP contribution in [0.4, 0.5) is 0 Å². The van der Waals surface area contributed by atoms with Gasteiger partial charge < -0.3 is 10.1 Å². The number of rotatable bonds is 12. The minimum Gasteiger partial charge on any atom is -0.497 e. The molecule has 0 atom stereocenters. The molecule has 0 saturated carbocycles. The highest BCUT2D eigenvalue weighted by Crippen LogP contribution is 2.26. The van der Waals surface area contributed by atoms with Gasteiger partial charge in [0.15, 0.2) is 10.9 Å². The first-order chi connectivity index (χ1) is 18.8. The van der Waals surface area contributed by atoms with E-state index in [0.717, 1.165) is 24.9 Å². The molecule has 1 amide bonds. The molecule has 208 valence electrons. The molecule has 1 N–H and O–H groups in total. The van der Waals surface area contributed by atoms with Crippen molar-refractivity contribution in [3.63, 3.8) is 0 Å². The molecule has 1 aromatic heterocycles. The molecule has 1 aliphatic rings. The van der Waals surface area contributed by atoms with Crippen LogP contribution in [0.2, 0.25) is 0 Å². The number of methoxy groups -OCH3 is 1. The van der Waals surface area contributed by atoms with Gasteiger partial charge in [-0.3, -0.25) is 14.2 Å². The number of hydrogen-bond acceptors (Lipinski definition) is 8. The molecule has 2 heterocycles. The first kappa shape index (κ1) is 28.8. The fourth-order valence-electron chi connectivity index (χ4n) is 4.36. The Balaban J connectivity index is 1.47. The van der Waals surface area contributed by atoms with E-state index in [1.807, 2.05) is 28.8 Å². The lowest BCUT2D eigenvalue weighted by molar-refractivity contribution is -0.118. The number of nitrogens with one attached hydrogen (secondary N) is 1. The normalized spacial score (nSPS) is 14.2. The maximum atomic E-state index is 13.0. The number of hydrogen-bond donors (Lipinski definition) is 1. The van der Waals surface area contributed by atoms with Gasteiger partial charge in [-0.25, -0.2) is 8.42 Å². The van der Waals surface area contributed by atoms with Crippen LogP contribution < -0.4 is 10.1 Å². The quantitative estimate of drug-likeness (QED) is 0.199. The SMILES string of the molecule is COc1cccc(-n2c(CCCNC(C)=O)nnc2SCC(=O)c2ccc(S(=O)(=O)N3CCCCC3)cc2)c1. The summed E-state index contributed by atoms with van der Waals surface area (Å²) in [5.74, 6) is 1.25. The summed E-state index contributed by atoms with van der Waals surface area (Å²) in [5.41, 5.74) is 1.24. The molecule has 1 fully saturated rings. The number of ketones is 1. The van der Waals surface area contributed by atoms with Crippen LogP contribution in [-0.4, -0.2) is 71.7 Å². The number of benzene rings is 2. The maximum Gasteiger partial charge on any atom is 0.243 e. The standard InChI is InChI=1S/C27H33N5O5S2/c1-20(33)28-15-7-10-26-29-30-27(32(26)22-8-6-9-23(18-22)37-2)38-19-25(34)21-11-13-24(14-12-21)39(35,36)31-16-4-3-5-17-31/h6,8-9,11-14,18H,3-5,7,10,15-17,19H2,1-2H3,(H,28,33). The first-order valence-electron chi connectivity index (χ1n) is 12.9. The minimum atomic E-state index is -3.55. The van der Waals surface area contributed by atoms with Gasteiger partial charge >= 0.3 is 0 Å². The summed E-state index contributed by atoms with van der Waals surface area (Å²) in [6.07, 6.45) is 4.03. The summed E-state index contributed by atoms with van der Waals surface area (Å²) < 4.78 is 34.6. The number of carbonyl (C=O) groups is 2. The largest absolute Gasteiger partial charge is 0.497 e. The highest BCUT2D eigenvalue weighted by atomic mass is 32.2. The Hall–Kier alpha value is -3.22. The van der Waals surface area contributed by atoms with Crippen LogP contribution in [0.5, 0.6) is 5.75 Å². The fraction of sp³-hybridized carbons (Fsp3) is 0.407. The van der Waals surface area contributed by atoms with Crippen molar-refractivity contribution in [2.45, 2.75) is 49.1 Å². The van der Waals surface area contributed by atoms with Gasteiger partial charge in [0.25, 0.3) is 0 Å². The van der Waals surface area contributed by atoms with Gasteiger partial charge in [-0.15, -0.1) is 10.2 Å². The molecule has 3 aromatic rings. The number of Topliss-reactive ketones (excluding diaryl/α,β-unsaturated/α-hetero) is 1. The van der Waals surface area contributed by atoms with E-state index in [1.165, 1.54) is 35.1 Å². The highest BCUT2D eigenvalue weighted by molar-refractivity contribution is 7.99. The molecule has 0 bridgehead atoms. The molecule has 12 heteroatoms. The number of carbonyl (C=O) groups excluding carboxylic acids is 2. The molecule has 2 aromatic carbocycles. The van der Waals surface area contributed by atoms with Gasteiger partial charge in [0.1, 0.15) is 11.6 Å². The number of aryl methyl sites for hydroxylation is 1. The van der Waals surface area contributed by atoms with Crippen LogP contribution in [0.25, 0.3) is 5.69 Å². The van der Waals surface area contributed by atoms with E-state index in [-0.39, 0.29) is 22.3 Å². The lowest BCUT2D eigenvalue weighted by atomic mass is 10.1. The highest BCUT2D eigenvalue weighted by Gasteiger charge is 2.26. The Morgan fingerprint density at radius 2 is 1.79 bits per heavy atom. The van der Waals surface area contributed by atoms with Gasteiger partial charge in [-0.05, 0) is 43.5 Å². The van der Waals surface area contributed by atoms with Gasteiger partial charge in [0.2, 0.25) is 15.9 Å². The van der Waals surface area contributed by atoms with Crippen molar-refractivity contribution in [3.8, 4) is 11.4 Å². The van der Waals surface area contributed by atoms with E-state index in [4.69, 9.17) is 4.74 Å². The average molecular weight is 572 g/mol. The fourth-order valence-corrected chi connectivity index (χ4v) is 6.74. The Morgan fingerprint density at radius 3 is 2.49 bits per heavy atom. The molecule has 1 saturated heterocycles. The number of thioether (sulfide) groups is 1. The molecular formula is C27H33N5O5S2. The van der Waals surface area contributed by atoms with Gasteiger partial charge in [0.05, 0.1) is 23.4 Å². The molecule has 39 heavy (non-hydrogen) atoms. The lowest BCUT2D eigenvalue weighted by Crippen LogP contribution is -2.35. The summed E-state index contributed by atoms with van der Waals surface area (Å²) in [4.78, 5) is 24.4. The van der Waals surface area contributed by atoms with Crippen LogP contribution in [0, 0.1) is 0 Å². The summed E-state index contributed by atoms with van der Waals surface area (Å²) in [6.45, 7) is 3.06. The molecule has 10 nitrogen and oxygen atoms in total. The average Bonchev–Trinajstić information content (AvgIpc) is 3.37. The Bertz CT molecular complexity index is 1400. The van der Waals surface area contributed by atoms with E-state index in [0.29, 0.717) is 54.8 Å². The third-order valence-corrected chi connectivity index (χ3v) is 9.27. The van der Waals surface area contributed by atoms with Crippen LogP contribution in [0.1, 0.15) is 48.8 Å². The molecule has 0 radical (unpaired) electrons. The second-order valence-corrected chi connectivity index (χ2v) is 12.1. The van der Waals surface area contributed by atoms with Crippen molar-refractivity contribution in [3.05, 3.63) is 59.9 Å². The van der Waals surface area contributed by atoms with Crippen LogP contribution in [0.3, 0.4) is 0 Å². The Morgan fingerprint density at radius 1 is 1.05 bits per heavy atom. The molecule has 4 rings (SSSR count). The number of ether oxygens (including phenoxy) is 1. The van der Waals surface area contributed by atoms with E-state index in [1.54, 1.807) is 19.2 Å². The van der Waals surface area contributed by atoms with E-state index in [9.17, 15) is 18.0 Å². The second-order valence-electron chi connectivity index (χ2n) is 9.22. The topological polar surface area (TPSA) is 123 Å². The summed E-state index contributed by atoms with van der Waals surface area (Å²) in [7, 11) is -1.96. The predicted octanol–water partition coefficient (Wildman–Crippen LogP) is 3.49. The Labute approximate surface area is 233 Å². The zero-order valence-electron chi connectivity index (χ0n) is 22.1. The van der Waals surface area contributed by atoms with Crippen LogP contribution in [0.15, 0.2) is 58.6 Å². The number of piperidine rings is 1. The summed E-state index contributed by atoms with van der Waals surface area (Å²) >= 11 is 1.26. The van der Waals surface area contributed by atoms with E-state index in [2.05, 4.69) is 15.5 Å². The van der Waals surface area contributed by atoms with Crippen molar-refractivity contribution in [2.75, 3.05) is 32.5 Å². The summed E-state index contributed by atoms with van der Waals surface area (Å²) in [6, 6.07) is 13.6. The van der Waals surface area contributed by atoms with Crippen molar-refractivity contribution in [1.29, 1.82) is 0 Å². The smallest absolute Gasteiger partial charge is 0.243 e. The van der Waals surface area contributed by atoms with E-state index >= 15 is 0 Å². The zero-order chi connectivity index (χ0) is 27.8. The van der Waals surface area contributed by atoms with Gasteiger partial charge in [-0.1, -0.05) is 36.4 Å². The molecular weight excluding hydrogens is 538 g/mol. The van der Waals surface area contributed by atoms with Crippen LogP contribution >= 0.6 is 11.8 Å². The third kappa shape index (κ3) is 7.25. The van der Waals surface area contributed by atoms with Gasteiger partial charge in [0, 0.05) is 44.6 Å². The summed E-state index contributed by atoms with van der Waals surface area (Å²) in [5, 5.41) is 12.0. The first-order valence-corrected chi connectivity index (χ1v) is 15.3. The van der Waals surface area contributed by atoms with Crippen molar-refractivity contribution in [1.82, 2.24) is 24.4 Å². The molecule has 0 aliphatic carbocycles. The number of nitrogens with zero attached hydrogens (tertiary/aromatic N) is 4.